The lowest BCUT2D eigenvalue weighted by molar-refractivity contribution is -0.129. The third-order valence-electron chi connectivity index (χ3n) is 15.3. The van der Waals surface area contributed by atoms with Gasteiger partial charge in [-0.2, -0.15) is 0 Å². The van der Waals surface area contributed by atoms with Gasteiger partial charge in [0.2, 0.25) is 11.8 Å². The molecule has 5 atom stereocenters. The summed E-state index contributed by atoms with van der Waals surface area (Å²) in [4.78, 5) is 34.1. The van der Waals surface area contributed by atoms with Crippen LogP contribution in [0.15, 0.2) is 0 Å². The molecule has 0 aromatic heterocycles. The van der Waals surface area contributed by atoms with E-state index >= 15 is 0 Å². The summed E-state index contributed by atoms with van der Waals surface area (Å²) in [6.07, 6.45) is 40.1. The Morgan fingerprint density at radius 2 is 0.724 bits per heavy atom. The van der Waals surface area contributed by atoms with Gasteiger partial charge in [-0.3, -0.25) is 19.4 Å². The standard InChI is InChI=1S/C63H129N5O6S2/c1-7-13-17-21-25-27-31-35-43-59(71)55-68(56-60(72)44-36-32-28-26-22-18-14-8-2)49-39-45-62(73)65-61(63(74)64-47-40-50-66(11-5)12-6)46-52-76-75-51-38-37-48-67(53-57(69)41-33-29-23-19-15-9-3)54-58(70)42-34-30-24-20-16-10-4/h57-61,69-72H,7-56H2,1-6H3,(H,64,74)(H,65,73). The van der Waals surface area contributed by atoms with Crippen molar-refractivity contribution in [3.8, 4) is 0 Å². The molecule has 0 rings (SSSR count). The number of carbonyl (C=O) groups is 2. The molecule has 6 N–H and O–H groups in total. The van der Waals surface area contributed by atoms with Gasteiger partial charge in [-0.05, 0) is 90.5 Å². The SMILES string of the molecule is CCCCCCCCCCC(O)CN(CCCC(=O)NC(CCSSCCCCN(CC(O)CCCCCCCC)CC(O)CCCCCCCC)C(=O)NCCCN(CC)CC)CC(O)CCCCCCCCCC. The van der Waals surface area contributed by atoms with Crippen molar-refractivity contribution < 1.29 is 30.0 Å². The number of nitrogens with one attached hydrogen (secondary N) is 2. The van der Waals surface area contributed by atoms with E-state index in [4.69, 9.17) is 0 Å². The third kappa shape index (κ3) is 50.3. The molecule has 0 aromatic rings. The van der Waals surface area contributed by atoms with Crippen LogP contribution in [0.1, 0.15) is 286 Å². The van der Waals surface area contributed by atoms with Crippen LogP contribution in [0.4, 0.5) is 0 Å². The number of amides is 2. The minimum atomic E-state index is -0.605. The van der Waals surface area contributed by atoms with Crippen LogP contribution in [0, 0.1) is 0 Å². The smallest absolute Gasteiger partial charge is 0.242 e. The lowest BCUT2D eigenvalue weighted by atomic mass is 10.0. The average molecular weight is 1120 g/mol. The van der Waals surface area contributed by atoms with Gasteiger partial charge in [0.15, 0.2) is 0 Å². The summed E-state index contributed by atoms with van der Waals surface area (Å²) in [5.74, 6) is 1.47. The Labute approximate surface area is 479 Å². The molecule has 0 fully saturated rings. The van der Waals surface area contributed by atoms with Gasteiger partial charge >= 0.3 is 0 Å². The molecule has 454 valence electrons. The predicted molar refractivity (Wildman–Crippen MR) is 333 cm³/mol. The fourth-order valence-electron chi connectivity index (χ4n) is 10.4. The number of carbonyl (C=O) groups excluding carboxylic acids is 2. The number of rotatable bonds is 61. The maximum Gasteiger partial charge on any atom is 0.242 e. The number of aliphatic hydroxyl groups is 4. The molecule has 0 aliphatic rings. The Morgan fingerprint density at radius 3 is 1.11 bits per heavy atom. The molecule has 0 spiro atoms. The lowest BCUT2D eigenvalue weighted by Gasteiger charge is -2.27. The third-order valence-corrected chi connectivity index (χ3v) is 17.9. The molecule has 0 aliphatic heterocycles. The topological polar surface area (TPSA) is 149 Å². The Morgan fingerprint density at radius 1 is 0.382 bits per heavy atom. The van der Waals surface area contributed by atoms with Crippen molar-refractivity contribution in [1.29, 1.82) is 0 Å². The van der Waals surface area contributed by atoms with E-state index in [1.807, 2.05) is 10.8 Å². The van der Waals surface area contributed by atoms with E-state index in [0.717, 1.165) is 121 Å². The highest BCUT2D eigenvalue weighted by Gasteiger charge is 2.22. The minimum Gasteiger partial charge on any atom is -0.392 e. The second kappa shape index (κ2) is 57.6. The van der Waals surface area contributed by atoms with Crippen molar-refractivity contribution in [3.05, 3.63) is 0 Å². The van der Waals surface area contributed by atoms with Crippen molar-refractivity contribution in [2.75, 3.05) is 77.0 Å². The van der Waals surface area contributed by atoms with Crippen LogP contribution in [-0.2, 0) is 9.59 Å². The summed E-state index contributed by atoms with van der Waals surface area (Å²) >= 11 is 0. The molecule has 76 heavy (non-hydrogen) atoms. The highest BCUT2D eigenvalue weighted by molar-refractivity contribution is 8.76. The first-order valence-electron chi connectivity index (χ1n) is 32.7. The Bertz CT molecular complexity index is 1170. The first-order chi connectivity index (χ1) is 37.0. The zero-order valence-electron chi connectivity index (χ0n) is 51.0. The van der Waals surface area contributed by atoms with Gasteiger partial charge in [0.05, 0.1) is 24.4 Å². The zero-order valence-corrected chi connectivity index (χ0v) is 52.6. The van der Waals surface area contributed by atoms with E-state index in [0.29, 0.717) is 52.1 Å². The molecule has 11 nitrogen and oxygen atoms in total. The largest absolute Gasteiger partial charge is 0.392 e. The number of hydrogen-bond acceptors (Lipinski definition) is 11. The van der Waals surface area contributed by atoms with Crippen molar-refractivity contribution in [1.82, 2.24) is 25.3 Å². The van der Waals surface area contributed by atoms with Crippen LogP contribution in [0.2, 0.25) is 0 Å². The van der Waals surface area contributed by atoms with Gasteiger partial charge in [0, 0.05) is 50.7 Å². The highest BCUT2D eigenvalue weighted by Crippen LogP contribution is 2.24. The van der Waals surface area contributed by atoms with Crippen LogP contribution in [-0.4, -0.2) is 154 Å². The second-order valence-corrected chi connectivity index (χ2v) is 25.5. The van der Waals surface area contributed by atoms with Crippen LogP contribution in [0.25, 0.3) is 0 Å². The first-order valence-corrected chi connectivity index (χ1v) is 35.2. The van der Waals surface area contributed by atoms with Crippen molar-refractivity contribution >= 4 is 33.4 Å². The Kier molecular flexibility index (Phi) is 57.1. The van der Waals surface area contributed by atoms with Crippen molar-refractivity contribution in [2.45, 2.75) is 316 Å². The van der Waals surface area contributed by atoms with E-state index in [1.165, 1.54) is 141 Å². The fourth-order valence-corrected chi connectivity index (χ4v) is 12.6. The quantitative estimate of drug-likeness (QED) is 0.0255. The molecule has 0 aromatic carbocycles. The van der Waals surface area contributed by atoms with E-state index < -0.39 is 18.2 Å². The minimum absolute atomic E-state index is 0.120. The van der Waals surface area contributed by atoms with Crippen LogP contribution in [0.5, 0.6) is 0 Å². The van der Waals surface area contributed by atoms with E-state index in [9.17, 15) is 30.0 Å². The van der Waals surface area contributed by atoms with Crippen molar-refractivity contribution in [3.63, 3.8) is 0 Å². The van der Waals surface area contributed by atoms with Crippen LogP contribution in [0.3, 0.4) is 0 Å². The number of nitrogens with zero attached hydrogens (tertiary/aromatic N) is 3. The summed E-state index contributed by atoms with van der Waals surface area (Å²) in [6, 6.07) is -0.605. The molecule has 0 saturated heterocycles. The molecular weight excluding hydrogens is 987 g/mol. The number of aliphatic hydroxyl groups excluding tert-OH is 4. The first kappa shape index (κ1) is 75.4. The van der Waals surface area contributed by atoms with Gasteiger partial charge in [-0.25, -0.2) is 0 Å². The van der Waals surface area contributed by atoms with Gasteiger partial charge in [-0.1, -0.05) is 243 Å². The van der Waals surface area contributed by atoms with E-state index in [1.54, 1.807) is 10.8 Å². The number of hydrogen-bond donors (Lipinski definition) is 6. The predicted octanol–water partition coefficient (Wildman–Crippen LogP) is 14.3. The Hall–Kier alpha value is -0.640. The molecule has 2 amide bonds. The zero-order chi connectivity index (χ0) is 56.0. The molecule has 0 bridgehead atoms. The van der Waals surface area contributed by atoms with Crippen LogP contribution < -0.4 is 10.6 Å². The summed E-state index contributed by atoms with van der Waals surface area (Å²) in [6.45, 7) is 20.5. The van der Waals surface area contributed by atoms with Gasteiger partial charge in [0.25, 0.3) is 0 Å². The molecule has 0 aliphatic carbocycles. The fraction of sp³-hybridized carbons (Fsp3) is 0.968. The molecular formula is C63H129N5O6S2. The molecule has 0 heterocycles. The average Bonchev–Trinajstić information content (AvgIpc) is 3.40. The molecule has 5 unspecified atom stereocenters. The van der Waals surface area contributed by atoms with E-state index in [-0.39, 0.29) is 30.4 Å². The highest BCUT2D eigenvalue weighted by atomic mass is 33.1. The maximum atomic E-state index is 13.6. The van der Waals surface area contributed by atoms with Crippen molar-refractivity contribution in [2.24, 2.45) is 0 Å². The molecule has 0 saturated carbocycles. The summed E-state index contributed by atoms with van der Waals surface area (Å²) in [5, 5.41) is 50.5. The van der Waals surface area contributed by atoms with Gasteiger partial charge in [-0.15, -0.1) is 0 Å². The lowest BCUT2D eigenvalue weighted by Crippen LogP contribution is -2.47. The van der Waals surface area contributed by atoms with E-state index in [2.05, 4.69) is 66.9 Å². The summed E-state index contributed by atoms with van der Waals surface area (Å²) in [7, 11) is 3.59. The van der Waals surface area contributed by atoms with Crippen LogP contribution >= 0.6 is 21.6 Å². The molecule has 0 radical (unpaired) electrons. The monoisotopic (exact) mass is 1120 g/mol. The number of unbranched alkanes of at least 4 members (excludes halogenated alkanes) is 25. The summed E-state index contributed by atoms with van der Waals surface area (Å²) in [5.41, 5.74) is 0. The molecule has 13 heteroatoms. The maximum absolute atomic E-state index is 13.6. The normalized spacial score (nSPS) is 14.0. The van der Waals surface area contributed by atoms with Gasteiger partial charge in [0.1, 0.15) is 6.04 Å². The second-order valence-electron chi connectivity index (χ2n) is 22.8. The summed E-state index contributed by atoms with van der Waals surface area (Å²) < 4.78 is 0. The van der Waals surface area contributed by atoms with Gasteiger partial charge < -0.3 is 36.0 Å². The Balaban J connectivity index is 5.36.